The molecule has 0 fully saturated rings. The van der Waals surface area contributed by atoms with Crippen LogP contribution in [0.2, 0.25) is 0 Å². The monoisotopic (exact) mass is 207 g/mol. The van der Waals surface area contributed by atoms with Crippen molar-refractivity contribution in [1.29, 1.82) is 0 Å². The summed E-state index contributed by atoms with van der Waals surface area (Å²) < 4.78 is 28.2. The van der Waals surface area contributed by atoms with Gasteiger partial charge in [-0.2, -0.15) is 8.42 Å². The summed E-state index contributed by atoms with van der Waals surface area (Å²) in [5.41, 5.74) is 4.91. The van der Waals surface area contributed by atoms with Gasteiger partial charge in [0.15, 0.2) is 0 Å². The van der Waals surface area contributed by atoms with Crippen LogP contribution in [0.15, 0.2) is 0 Å². The molecule has 3 N–H and O–H groups in total. The average molecular weight is 207 g/mol. The summed E-state index contributed by atoms with van der Waals surface area (Å²) in [4.78, 5) is 0. The Hall–Kier alpha value is 0.760. The van der Waals surface area contributed by atoms with Crippen LogP contribution < -0.4 is 40.4 Å². The second kappa shape index (κ2) is 5.41. The summed E-state index contributed by atoms with van der Waals surface area (Å²) in [5.74, 6) is -0.810. The Balaban J connectivity index is 0. The number of hydrogen-bond donors (Lipinski definition) is 2. The number of rotatable bonds is 3. The smallest absolute Gasteiger partial charge is 0.866 e. The van der Waals surface area contributed by atoms with Gasteiger partial charge in [0.1, 0.15) is 0 Å². The zero-order chi connectivity index (χ0) is 8.36. The van der Waals surface area contributed by atoms with Crippen LogP contribution in [0.5, 0.6) is 0 Å². The summed E-state index contributed by atoms with van der Waals surface area (Å²) in [6, 6.07) is -1.30. The zero-order valence-corrected chi connectivity index (χ0v) is 9.48. The minimum Gasteiger partial charge on any atom is -0.866 e. The van der Waals surface area contributed by atoms with E-state index >= 15 is 0 Å². The molecular formula is C3H6NNaO4S2. The van der Waals surface area contributed by atoms with Crippen LogP contribution in [-0.4, -0.2) is 29.8 Å². The van der Waals surface area contributed by atoms with Crippen LogP contribution in [0.3, 0.4) is 0 Å². The topological polar surface area (TPSA) is 103 Å². The van der Waals surface area contributed by atoms with E-state index in [0.717, 1.165) is 0 Å². The second-order valence-electron chi connectivity index (χ2n) is 1.67. The van der Waals surface area contributed by atoms with Gasteiger partial charge in [-0.15, -0.1) is 12.2 Å². The van der Waals surface area contributed by atoms with Crippen molar-refractivity contribution < 1.29 is 47.6 Å². The van der Waals surface area contributed by atoms with Crippen molar-refractivity contribution >= 4 is 27.4 Å². The molecule has 0 aliphatic heterocycles. The van der Waals surface area contributed by atoms with Gasteiger partial charge in [-0.1, -0.05) is 0 Å². The van der Waals surface area contributed by atoms with Gasteiger partial charge in [-0.25, -0.2) is 0 Å². The van der Waals surface area contributed by atoms with Gasteiger partial charge >= 0.3 is 29.6 Å². The molecule has 0 saturated heterocycles. The molecular weight excluding hydrogens is 201 g/mol. The second-order valence-corrected chi connectivity index (χ2v) is 3.57. The summed E-state index contributed by atoms with van der Waals surface area (Å²) in [6.45, 7) is 0. The molecule has 0 aromatic rings. The van der Waals surface area contributed by atoms with Crippen molar-refractivity contribution in [1.82, 2.24) is 0 Å². The summed E-state index contributed by atoms with van der Waals surface area (Å²) in [5, 5.41) is 9.26. The molecule has 0 heterocycles. The largest absolute Gasteiger partial charge is 1.00 e. The van der Waals surface area contributed by atoms with E-state index in [1.54, 1.807) is 0 Å². The molecule has 0 saturated carbocycles. The molecule has 0 aromatic carbocycles. The summed E-state index contributed by atoms with van der Waals surface area (Å²) in [7, 11) is -4.18. The van der Waals surface area contributed by atoms with Crippen LogP contribution in [0.4, 0.5) is 0 Å². The fraction of sp³-hybridized carbons (Fsp3) is 0.667. The van der Waals surface area contributed by atoms with Crippen molar-refractivity contribution in [3.63, 3.8) is 0 Å². The van der Waals surface area contributed by atoms with E-state index in [1.807, 2.05) is 0 Å². The maximum absolute atomic E-state index is 10.1. The molecule has 8 heteroatoms. The molecule has 0 aliphatic carbocycles. The molecule has 0 amide bonds. The Labute approximate surface area is 92.0 Å². The summed E-state index contributed by atoms with van der Waals surface area (Å²) in [6.07, 6.45) is 0. The Morgan fingerprint density at radius 3 is 2.18 bits per heavy atom. The first-order valence-electron chi connectivity index (χ1n) is 2.24. The Bertz CT molecular complexity index is 225. The first-order valence-corrected chi connectivity index (χ1v) is 4.26. The Morgan fingerprint density at radius 1 is 1.73 bits per heavy atom. The molecule has 5 nitrogen and oxygen atoms in total. The number of thiocarbonyl (C=S) groups is 1. The quantitative estimate of drug-likeness (QED) is 0.272. The predicted octanol–water partition coefficient (Wildman–Crippen LogP) is -5.11. The Morgan fingerprint density at radius 2 is 2.09 bits per heavy atom. The van der Waals surface area contributed by atoms with E-state index in [0.29, 0.717) is 0 Å². The summed E-state index contributed by atoms with van der Waals surface area (Å²) >= 11 is 4.03. The first kappa shape index (κ1) is 14.3. The fourth-order valence-corrected chi connectivity index (χ4v) is 1.09. The van der Waals surface area contributed by atoms with Crippen LogP contribution in [0, 0.1) is 0 Å². The minimum atomic E-state index is -4.18. The zero-order valence-electron chi connectivity index (χ0n) is 5.85. The van der Waals surface area contributed by atoms with Gasteiger partial charge in [0.25, 0.3) is 10.1 Å². The fourth-order valence-electron chi connectivity index (χ4n) is 0.295. The van der Waals surface area contributed by atoms with E-state index in [9.17, 15) is 13.5 Å². The standard InChI is InChI=1S/C3H7NO4S2.Na/c4-2(3(5)9)1-10(6,7)8;/h2H,1,4H2,(H,5,9)(H,6,7,8);/q;+1/p-1/t2-;/m0./s1. The number of hydrogen-bond acceptors (Lipinski definition) is 5. The first-order chi connectivity index (χ1) is 4.33. The van der Waals surface area contributed by atoms with Crippen molar-refractivity contribution in [3.8, 4) is 0 Å². The molecule has 0 aromatic heterocycles. The van der Waals surface area contributed by atoms with Gasteiger partial charge in [-0.05, 0) is 5.05 Å². The average Bonchev–Trinajstić information content (AvgIpc) is 1.60. The van der Waals surface area contributed by atoms with Gasteiger partial charge in [0, 0.05) is 6.04 Å². The molecule has 0 rings (SSSR count). The third-order valence-corrected chi connectivity index (χ3v) is 1.78. The molecule has 0 spiro atoms. The van der Waals surface area contributed by atoms with Gasteiger partial charge < -0.3 is 10.8 Å². The normalized spacial score (nSPS) is 13.3. The SMILES string of the molecule is N[C@@H](CS(=O)(=O)O)C([O-])=S.[Na+]. The number of nitrogens with two attached hydrogens (primary N) is 1. The van der Waals surface area contributed by atoms with E-state index < -0.39 is 27.0 Å². The van der Waals surface area contributed by atoms with Crippen molar-refractivity contribution in [2.75, 3.05) is 5.75 Å². The third kappa shape index (κ3) is 8.67. The predicted molar refractivity (Wildman–Crippen MR) is 37.0 cm³/mol. The van der Waals surface area contributed by atoms with E-state index in [-0.39, 0.29) is 29.6 Å². The third-order valence-electron chi connectivity index (χ3n) is 0.693. The van der Waals surface area contributed by atoms with Gasteiger partial charge in [-0.3, -0.25) is 4.55 Å². The van der Waals surface area contributed by atoms with Crippen molar-refractivity contribution in [2.24, 2.45) is 5.73 Å². The van der Waals surface area contributed by atoms with E-state index in [1.165, 1.54) is 0 Å². The minimum absolute atomic E-state index is 0. The molecule has 0 bridgehead atoms. The Kier molecular flexibility index (Phi) is 7.03. The molecule has 60 valence electrons. The van der Waals surface area contributed by atoms with E-state index in [4.69, 9.17) is 10.3 Å². The maximum atomic E-state index is 10.1. The van der Waals surface area contributed by atoms with Gasteiger partial charge in [0.05, 0.1) is 5.75 Å². The van der Waals surface area contributed by atoms with Crippen molar-refractivity contribution in [2.45, 2.75) is 6.04 Å². The maximum Gasteiger partial charge on any atom is 1.00 e. The van der Waals surface area contributed by atoms with Crippen molar-refractivity contribution in [3.05, 3.63) is 0 Å². The molecule has 0 aliphatic rings. The van der Waals surface area contributed by atoms with Crippen LogP contribution in [-0.2, 0) is 10.1 Å². The van der Waals surface area contributed by atoms with Crippen LogP contribution >= 0.6 is 12.2 Å². The van der Waals surface area contributed by atoms with Crippen LogP contribution in [0.1, 0.15) is 0 Å². The van der Waals surface area contributed by atoms with E-state index in [2.05, 4.69) is 12.2 Å². The molecule has 1 atom stereocenters. The molecule has 0 unspecified atom stereocenters. The molecule has 0 radical (unpaired) electrons. The van der Waals surface area contributed by atoms with Crippen LogP contribution in [0.25, 0.3) is 0 Å². The molecule has 11 heavy (non-hydrogen) atoms. The van der Waals surface area contributed by atoms with Gasteiger partial charge in [0.2, 0.25) is 0 Å².